The van der Waals surface area contributed by atoms with E-state index in [4.69, 9.17) is 5.73 Å². The molecule has 4 amide bonds. The predicted molar refractivity (Wildman–Crippen MR) is 99.2 cm³/mol. The molecule has 8 nitrogen and oxygen atoms in total. The van der Waals surface area contributed by atoms with Gasteiger partial charge in [-0.15, -0.1) is 0 Å². The largest absolute Gasteiger partial charge is 0.344 e. The van der Waals surface area contributed by atoms with Gasteiger partial charge in [0.1, 0.15) is 12.1 Å². The number of hydrogen-bond donors (Lipinski definition) is 3. The Morgan fingerprint density at radius 1 is 1.35 bits per heavy atom. The number of imide groups is 1. The molecule has 2 fully saturated rings. The van der Waals surface area contributed by atoms with Crippen molar-refractivity contribution in [3.05, 3.63) is 0 Å². The summed E-state index contributed by atoms with van der Waals surface area (Å²) in [6.45, 7) is 2.33. The Morgan fingerprint density at radius 3 is 2.77 bits per heavy atom. The van der Waals surface area contributed by atoms with Crippen molar-refractivity contribution in [1.29, 1.82) is 0 Å². The zero-order valence-corrected chi connectivity index (χ0v) is 16.1. The van der Waals surface area contributed by atoms with Gasteiger partial charge >= 0.3 is 0 Å². The molecule has 0 saturated carbocycles. The van der Waals surface area contributed by atoms with E-state index >= 15 is 0 Å². The molecule has 0 aromatic carbocycles. The van der Waals surface area contributed by atoms with Gasteiger partial charge in [-0.3, -0.25) is 24.5 Å². The molecular formula is C17H28N4O4S. The van der Waals surface area contributed by atoms with Crippen LogP contribution in [0.2, 0.25) is 0 Å². The molecule has 4 N–H and O–H groups in total. The predicted octanol–water partition coefficient (Wildman–Crippen LogP) is -0.385. The van der Waals surface area contributed by atoms with E-state index in [0.717, 1.165) is 5.75 Å². The zero-order valence-electron chi connectivity index (χ0n) is 15.3. The number of amides is 4. The smallest absolute Gasteiger partial charge is 0.249 e. The van der Waals surface area contributed by atoms with Crippen molar-refractivity contribution in [3.63, 3.8) is 0 Å². The maximum absolute atomic E-state index is 12.6. The summed E-state index contributed by atoms with van der Waals surface area (Å²) in [4.78, 5) is 50.5. The van der Waals surface area contributed by atoms with Gasteiger partial charge in [-0.1, -0.05) is 6.92 Å². The van der Waals surface area contributed by atoms with Crippen molar-refractivity contribution in [1.82, 2.24) is 15.5 Å². The van der Waals surface area contributed by atoms with Crippen LogP contribution < -0.4 is 16.4 Å². The molecule has 2 aliphatic rings. The summed E-state index contributed by atoms with van der Waals surface area (Å²) in [6.07, 6.45) is 4.69. The second kappa shape index (κ2) is 9.36. The molecule has 9 heteroatoms. The lowest BCUT2D eigenvalue weighted by atomic mass is 9.91. The average Bonchev–Trinajstić information content (AvgIpc) is 3.10. The summed E-state index contributed by atoms with van der Waals surface area (Å²) < 4.78 is 0. The third kappa shape index (κ3) is 4.97. The van der Waals surface area contributed by atoms with Crippen molar-refractivity contribution < 1.29 is 19.2 Å². The van der Waals surface area contributed by atoms with E-state index in [9.17, 15) is 19.2 Å². The standard InChI is InChI=1S/C17H28N4O4S/c1-10-5-6-13(22)19-14(10)16(24)20-15(23)12-4-3-8-21(12)17(25)11(18)7-9-26-2/h10-12,14H,3-9,18H2,1-2H3,(H,19,22)(H,20,23,24)/t10?,11-,12-,14?/m0/s1. The highest BCUT2D eigenvalue weighted by molar-refractivity contribution is 7.98. The molecule has 0 aromatic heterocycles. The summed E-state index contributed by atoms with van der Waals surface area (Å²) >= 11 is 1.61. The molecular weight excluding hydrogens is 356 g/mol. The normalized spacial score (nSPS) is 27.0. The molecule has 0 aliphatic carbocycles. The lowest BCUT2D eigenvalue weighted by Crippen LogP contribution is -2.57. The molecule has 0 spiro atoms. The Morgan fingerprint density at radius 2 is 2.08 bits per heavy atom. The third-order valence-corrected chi connectivity index (χ3v) is 5.67. The minimum atomic E-state index is -0.713. The van der Waals surface area contributed by atoms with E-state index in [2.05, 4.69) is 10.6 Å². The van der Waals surface area contributed by atoms with Crippen LogP contribution in [-0.4, -0.2) is 65.2 Å². The van der Waals surface area contributed by atoms with Gasteiger partial charge in [0.2, 0.25) is 23.6 Å². The van der Waals surface area contributed by atoms with Gasteiger partial charge in [-0.2, -0.15) is 11.8 Å². The highest BCUT2D eigenvalue weighted by Crippen LogP contribution is 2.20. The van der Waals surface area contributed by atoms with Crippen molar-refractivity contribution in [2.24, 2.45) is 11.7 Å². The van der Waals surface area contributed by atoms with Crippen LogP contribution in [0, 0.1) is 5.92 Å². The maximum atomic E-state index is 12.6. The Bertz CT molecular complexity index is 571. The second-order valence-corrected chi connectivity index (χ2v) is 7.98. The summed E-state index contributed by atoms with van der Waals surface area (Å²) in [5.41, 5.74) is 5.95. The van der Waals surface area contributed by atoms with Crippen molar-refractivity contribution in [3.8, 4) is 0 Å². The van der Waals surface area contributed by atoms with E-state index in [1.807, 2.05) is 13.2 Å². The van der Waals surface area contributed by atoms with Gasteiger partial charge in [0, 0.05) is 13.0 Å². The minimum absolute atomic E-state index is 0.0400. The molecule has 2 unspecified atom stereocenters. The van der Waals surface area contributed by atoms with Crippen LogP contribution in [0.5, 0.6) is 0 Å². The molecule has 146 valence electrons. The number of nitrogens with two attached hydrogens (primary N) is 1. The lowest BCUT2D eigenvalue weighted by molar-refractivity contribution is -0.143. The first-order chi connectivity index (χ1) is 12.3. The summed E-state index contributed by atoms with van der Waals surface area (Å²) in [6, 6.07) is -2.03. The monoisotopic (exact) mass is 384 g/mol. The van der Waals surface area contributed by atoms with Gasteiger partial charge in [-0.25, -0.2) is 0 Å². The third-order valence-electron chi connectivity index (χ3n) is 5.03. The molecule has 4 atom stereocenters. The topological polar surface area (TPSA) is 122 Å². The molecule has 0 radical (unpaired) electrons. The SMILES string of the molecule is CSCC[C@H](N)C(=O)N1CCC[C@H]1C(=O)NC(=O)C1NC(=O)CCC1C. The number of carbonyl (C=O) groups is 4. The van der Waals surface area contributed by atoms with Gasteiger partial charge in [0.15, 0.2) is 0 Å². The van der Waals surface area contributed by atoms with Crippen molar-refractivity contribution in [2.75, 3.05) is 18.6 Å². The van der Waals surface area contributed by atoms with Gasteiger partial charge in [0.25, 0.3) is 0 Å². The van der Waals surface area contributed by atoms with Crippen LogP contribution in [0.4, 0.5) is 0 Å². The highest BCUT2D eigenvalue weighted by atomic mass is 32.2. The Hall–Kier alpha value is -1.61. The number of likely N-dealkylation sites (tertiary alicyclic amines) is 1. The van der Waals surface area contributed by atoms with E-state index < -0.39 is 29.9 Å². The summed E-state index contributed by atoms with van der Waals surface area (Å²) in [5, 5.41) is 5.01. The number of piperidine rings is 1. The molecule has 26 heavy (non-hydrogen) atoms. The summed E-state index contributed by atoms with van der Waals surface area (Å²) in [5.74, 6) is -0.708. The summed E-state index contributed by atoms with van der Waals surface area (Å²) in [7, 11) is 0. The molecule has 2 heterocycles. The molecule has 2 saturated heterocycles. The fraction of sp³-hybridized carbons (Fsp3) is 0.765. The first-order valence-corrected chi connectivity index (χ1v) is 10.4. The van der Waals surface area contributed by atoms with E-state index in [1.54, 1.807) is 11.8 Å². The minimum Gasteiger partial charge on any atom is -0.344 e. The molecule has 0 aromatic rings. The van der Waals surface area contributed by atoms with E-state index in [-0.39, 0.29) is 17.7 Å². The number of rotatable bonds is 6. The fourth-order valence-electron chi connectivity index (χ4n) is 3.40. The van der Waals surface area contributed by atoms with Crippen molar-refractivity contribution in [2.45, 2.75) is 57.2 Å². The Kier molecular flexibility index (Phi) is 7.45. The van der Waals surface area contributed by atoms with Crippen LogP contribution in [0.1, 0.15) is 39.0 Å². The van der Waals surface area contributed by atoms with Gasteiger partial charge < -0.3 is 16.0 Å². The van der Waals surface area contributed by atoms with Crippen LogP contribution in [0.15, 0.2) is 0 Å². The number of thioether (sulfide) groups is 1. The van der Waals surface area contributed by atoms with Crippen LogP contribution >= 0.6 is 11.8 Å². The Balaban J connectivity index is 1.95. The maximum Gasteiger partial charge on any atom is 0.249 e. The first kappa shape index (κ1) is 20.7. The number of carbonyl (C=O) groups excluding carboxylic acids is 4. The second-order valence-electron chi connectivity index (χ2n) is 6.99. The Labute approximate surface area is 158 Å². The lowest BCUT2D eigenvalue weighted by Gasteiger charge is -2.30. The quantitative estimate of drug-likeness (QED) is 0.537. The molecule has 2 rings (SSSR count). The number of nitrogens with zero attached hydrogens (tertiary/aromatic N) is 1. The first-order valence-electron chi connectivity index (χ1n) is 9.04. The average molecular weight is 385 g/mol. The highest BCUT2D eigenvalue weighted by Gasteiger charge is 2.38. The van der Waals surface area contributed by atoms with Crippen LogP contribution in [0.3, 0.4) is 0 Å². The van der Waals surface area contributed by atoms with Crippen LogP contribution in [-0.2, 0) is 19.2 Å². The molecule has 0 bridgehead atoms. The van der Waals surface area contributed by atoms with Gasteiger partial charge in [0.05, 0.1) is 6.04 Å². The van der Waals surface area contributed by atoms with E-state index in [0.29, 0.717) is 38.6 Å². The fourth-order valence-corrected chi connectivity index (χ4v) is 3.89. The van der Waals surface area contributed by atoms with Crippen LogP contribution in [0.25, 0.3) is 0 Å². The molecule has 2 aliphatic heterocycles. The van der Waals surface area contributed by atoms with E-state index in [1.165, 1.54) is 4.90 Å². The number of hydrogen-bond acceptors (Lipinski definition) is 6. The van der Waals surface area contributed by atoms with Crippen molar-refractivity contribution >= 4 is 35.4 Å². The van der Waals surface area contributed by atoms with Gasteiger partial charge in [-0.05, 0) is 43.6 Å². The number of nitrogens with one attached hydrogen (secondary N) is 2. The zero-order chi connectivity index (χ0) is 19.3.